The van der Waals surface area contributed by atoms with Gasteiger partial charge in [0.15, 0.2) is 6.29 Å². The molecule has 0 bridgehead atoms. The Bertz CT molecular complexity index is 986. The zero-order valence-electron chi connectivity index (χ0n) is 38.4. The monoisotopic (exact) mass is 823 g/mol. The molecule has 2 unspecified atom stereocenters. The van der Waals surface area contributed by atoms with Crippen LogP contribution in [0.5, 0.6) is 0 Å². The van der Waals surface area contributed by atoms with Gasteiger partial charge in [0.05, 0.1) is 12.3 Å². The molecule has 0 fully saturated rings. The van der Waals surface area contributed by atoms with Crippen LogP contribution in [0.3, 0.4) is 0 Å². The highest BCUT2D eigenvalue weighted by atomic mass is 16.7. The number of nitrogens with one attached hydrogen (secondary N) is 1. The van der Waals surface area contributed by atoms with Crippen LogP contribution >= 0.6 is 0 Å². The number of hydrogen-bond acceptors (Lipinski definition) is 9. The fraction of sp³-hybridized carbons (Fsp3) is 0.854. The van der Waals surface area contributed by atoms with Crippen molar-refractivity contribution in [2.45, 2.75) is 207 Å². The minimum atomic E-state index is -0.560. The molecule has 0 aliphatic rings. The van der Waals surface area contributed by atoms with Crippen molar-refractivity contribution < 1.29 is 38.1 Å². The van der Waals surface area contributed by atoms with Crippen LogP contribution in [0.4, 0.5) is 4.79 Å². The second-order valence-corrected chi connectivity index (χ2v) is 16.4. The molecule has 10 heteroatoms. The predicted molar refractivity (Wildman–Crippen MR) is 239 cm³/mol. The van der Waals surface area contributed by atoms with Crippen molar-refractivity contribution in [1.82, 2.24) is 10.2 Å². The van der Waals surface area contributed by atoms with Crippen molar-refractivity contribution in [1.29, 1.82) is 0 Å². The Labute approximate surface area is 356 Å². The lowest BCUT2D eigenvalue weighted by atomic mass is 10.1. The summed E-state index contributed by atoms with van der Waals surface area (Å²) < 4.78 is 28.9. The fourth-order valence-corrected chi connectivity index (χ4v) is 6.47. The average molecular weight is 823 g/mol. The van der Waals surface area contributed by atoms with Crippen LogP contribution in [0, 0.1) is 5.92 Å². The lowest BCUT2D eigenvalue weighted by Gasteiger charge is -2.21. The molecule has 340 valence electrons. The second kappa shape index (κ2) is 42.7. The highest BCUT2D eigenvalue weighted by molar-refractivity contribution is 5.70. The van der Waals surface area contributed by atoms with E-state index < -0.39 is 18.3 Å². The van der Waals surface area contributed by atoms with E-state index in [2.05, 4.69) is 50.4 Å². The largest absolute Gasteiger partial charge is 0.465 e. The van der Waals surface area contributed by atoms with Gasteiger partial charge >= 0.3 is 18.0 Å². The van der Waals surface area contributed by atoms with E-state index >= 15 is 0 Å². The number of esters is 2. The van der Waals surface area contributed by atoms with Gasteiger partial charge in [-0.3, -0.25) is 9.59 Å². The first-order valence-electron chi connectivity index (χ1n) is 23.6. The van der Waals surface area contributed by atoms with E-state index in [9.17, 15) is 14.4 Å². The number of allylic oxidation sites excluding steroid dienone is 4. The van der Waals surface area contributed by atoms with E-state index in [1.54, 1.807) is 0 Å². The predicted octanol–water partition coefficient (Wildman–Crippen LogP) is 12.0. The summed E-state index contributed by atoms with van der Waals surface area (Å²) in [7, 11) is 3.87. The van der Waals surface area contributed by atoms with E-state index in [-0.39, 0.29) is 44.2 Å². The van der Waals surface area contributed by atoms with Gasteiger partial charge in [-0.05, 0) is 72.4 Å². The molecule has 0 aromatic carbocycles. The Hall–Kier alpha value is -2.43. The maximum Gasteiger partial charge on any atom is 0.407 e. The number of amides is 1. The highest BCUT2D eigenvalue weighted by Gasteiger charge is 2.20. The van der Waals surface area contributed by atoms with Crippen LogP contribution in [-0.2, 0) is 33.3 Å². The molecule has 1 amide bonds. The van der Waals surface area contributed by atoms with Gasteiger partial charge in [0, 0.05) is 38.6 Å². The number of likely N-dealkylation sites (N-methyl/N-ethyl adjacent to an activating group) is 1. The summed E-state index contributed by atoms with van der Waals surface area (Å²) in [5, 5.41) is 2.81. The maximum absolute atomic E-state index is 12.9. The van der Waals surface area contributed by atoms with Crippen LogP contribution in [-0.4, -0.2) is 88.9 Å². The molecular weight excluding hydrogens is 733 g/mol. The lowest BCUT2D eigenvalue weighted by molar-refractivity contribution is -0.161. The van der Waals surface area contributed by atoms with Gasteiger partial charge in [-0.2, -0.15) is 0 Å². The fourth-order valence-electron chi connectivity index (χ4n) is 6.47. The molecule has 0 radical (unpaired) electrons. The van der Waals surface area contributed by atoms with Crippen molar-refractivity contribution >= 4 is 18.0 Å². The molecule has 0 aromatic heterocycles. The van der Waals surface area contributed by atoms with Crippen LogP contribution in [0.1, 0.15) is 195 Å². The first-order chi connectivity index (χ1) is 28.2. The van der Waals surface area contributed by atoms with Crippen molar-refractivity contribution in [3.8, 4) is 0 Å². The van der Waals surface area contributed by atoms with E-state index in [1.165, 1.54) is 77.0 Å². The molecule has 0 spiro atoms. The first-order valence-corrected chi connectivity index (χ1v) is 23.6. The molecule has 0 heterocycles. The van der Waals surface area contributed by atoms with E-state index in [0.717, 1.165) is 70.6 Å². The second-order valence-electron chi connectivity index (χ2n) is 16.4. The van der Waals surface area contributed by atoms with Gasteiger partial charge in [-0.25, -0.2) is 4.79 Å². The standard InChI is InChI=1S/C48H90N2O8/c1-7-10-13-16-19-20-21-22-23-24-25-26-27-28-31-34-45(51)56-40-44(42-58-48(53)49-43(4)39-50(5)6)41-57-46(52)35-36-47(54-37-32-29-17-14-11-8-2)55-38-33-30-18-15-12-9-3/h19-20,22-23,43-44,47H,7-18,21,24-42H2,1-6H3,(H,49,53)/b20-19-,23-22-. The van der Waals surface area contributed by atoms with Gasteiger partial charge in [-0.1, -0.05) is 141 Å². The van der Waals surface area contributed by atoms with Crippen LogP contribution in [0.25, 0.3) is 0 Å². The van der Waals surface area contributed by atoms with Crippen LogP contribution < -0.4 is 5.32 Å². The third-order valence-electron chi connectivity index (χ3n) is 9.93. The molecule has 2 atom stereocenters. The molecule has 0 aliphatic heterocycles. The minimum absolute atomic E-state index is 0.00172. The van der Waals surface area contributed by atoms with Crippen molar-refractivity contribution in [3.05, 3.63) is 24.3 Å². The van der Waals surface area contributed by atoms with Gasteiger partial charge in [0.1, 0.15) is 19.8 Å². The molecule has 10 nitrogen and oxygen atoms in total. The highest BCUT2D eigenvalue weighted by Crippen LogP contribution is 2.14. The smallest absolute Gasteiger partial charge is 0.407 e. The SMILES string of the molecule is CCCCC/C=C\C/C=C\CCCCCCCC(=O)OCC(COC(=O)CCC(OCCCCCCCC)OCCCCCCCC)COC(=O)NC(C)CN(C)C. The third kappa shape index (κ3) is 40.4. The van der Waals surface area contributed by atoms with Crippen molar-refractivity contribution in [2.24, 2.45) is 5.92 Å². The van der Waals surface area contributed by atoms with Gasteiger partial charge < -0.3 is 33.9 Å². The topological polar surface area (TPSA) is 113 Å². The number of unbranched alkanes of at least 4 members (excludes halogenated alkanes) is 18. The summed E-state index contributed by atoms with van der Waals surface area (Å²) in [5.74, 6) is -1.17. The van der Waals surface area contributed by atoms with E-state index in [1.807, 2.05) is 25.9 Å². The summed E-state index contributed by atoms with van der Waals surface area (Å²) in [6.07, 6.45) is 35.3. The maximum atomic E-state index is 12.9. The Kier molecular flexibility index (Phi) is 40.9. The third-order valence-corrected chi connectivity index (χ3v) is 9.93. The molecule has 0 aliphatic carbocycles. The van der Waals surface area contributed by atoms with E-state index in [4.69, 9.17) is 23.7 Å². The number of alkyl carbamates (subject to hydrolysis) is 1. The number of hydrogen-bond donors (Lipinski definition) is 1. The molecule has 58 heavy (non-hydrogen) atoms. The normalized spacial score (nSPS) is 12.8. The molecule has 0 saturated carbocycles. The number of carbonyl (C=O) groups excluding carboxylic acids is 3. The van der Waals surface area contributed by atoms with Gasteiger partial charge in [-0.15, -0.1) is 0 Å². The summed E-state index contributed by atoms with van der Waals surface area (Å²) in [6.45, 7) is 10.4. The average Bonchev–Trinajstić information content (AvgIpc) is 3.19. The minimum Gasteiger partial charge on any atom is -0.465 e. The molecule has 0 aromatic rings. The van der Waals surface area contributed by atoms with E-state index in [0.29, 0.717) is 32.6 Å². The molecular formula is C48H90N2O8. The Morgan fingerprint density at radius 1 is 0.552 bits per heavy atom. The number of rotatable bonds is 42. The van der Waals surface area contributed by atoms with Crippen LogP contribution in [0.15, 0.2) is 24.3 Å². The molecule has 1 N–H and O–H groups in total. The van der Waals surface area contributed by atoms with Crippen molar-refractivity contribution in [2.75, 3.05) is 53.7 Å². The Morgan fingerprint density at radius 3 is 1.55 bits per heavy atom. The summed E-state index contributed by atoms with van der Waals surface area (Å²) >= 11 is 0. The summed E-state index contributed by atoms with van der Waals surface area (Å²) in [5.41, 5.74) is 0. The Morgan fingerprint density at radius 2 is 1.00 bits per heavy atom. The number of nitrogens with zero attached hydrogens (tertiary/aromatic N) is 1. The molecule has 0 saturated heterocycles. The summed E-state index contributed by atoms with van der Waals surface area (Å²) in [4.78, 5) is 40.0. The van der Waals surface area contributed by atoms with Crippen molar-refractivity contribution in [3.63, 3.8) is 0 Å². The molecule has 0 rings (SSSR count). The Balaban J connectivity index is 4.81. The first kappa shape index (κ1) is 55.6. The van der Waals surface area contributed by atoms with Gasteiger partial charge in [0.2, 0.25) is 0 Å². The number of carbonyl (C=O) groups is 3. The number of ether oxygens (including phenoxy) is 5. The quantitative estimate of drug-likeness (QED) is 0.0211. The lowest BCUT2D eigenvalue weighted by Crippen LogP contribution is -2.40. The zero-order valence-corrected chi connectivity index (χ0v) is 38.4. The summed E-state index contributed by atoms with van der Waals surface area (Å²) in [6, 6.07) is -0.111. The van der Waals surface area contributed by atoms with Gasteiger partial charge in [0.25, 0.3) is 0 Å². The zero-order chi connectivity index (χ0) is 42.7. The van der Waals surface area contributed by atoms with Crippen LogP contribution in [0.2, 0.25) is 0 Å².